The highest BCUT2D eigenvalue weighted by molar-refractivity contribution is 6.30. The van der Waals surface area contributed by atoms with E-state index in [0.29, 0.717) is 22.9 Å². The van der Waals surface area contributed by atoms with Gasteiger partial charge < -0.3 is 4.74 Å². The Morgan fingerprint density at radius 1 is 1.07 bits per heavy atom. The van der Waals surface area contributed by atoms with E-state index in [0.717, 1.165) is 16.7 Å². The number of carbonyl (C=O) groups excluding carboxylic acids is 1. The molecule has 29 heavy (non-hydrogen) atoms. The minimum absolute atomic E-state index is 0.179. The molecule has 0 aromatic heterocycles. The van der Waals surface area contributed by atoms with Crippen molar-refractivity contribution in [2.45, 2.75) is 26.9 Å². The molecule has 0 heterocycles. The summed E-state index contributed by atoms with van der Waals surface area (Å²) in [5.74, 6) is 0.465. The van der Waals surface area contributed by atoms with E-state index in [1.807, 2.05) is 56.3 Å². The van der Waals surface area contributed by atoms with Gasteiger partial charge in [-0.1, -0.05) is 65.7 Å². The number of hydrogen-bond donors (Lipinski definition) is 1. The Morgan fingerprint density at radius 3 is 2.62 bits per heavy atom. The molecule has 3 rings (SSSR count). The smallest absolute Gasteiger partial charge is 0.244 e. The summed E-state index contributed by atoms with van der Waals surface area (Å²) in [5, 5.41) is 4.65. The van der Waals surface area contributed by atoms with Crippen LogP contribution in [0.3, 0.4) is 0 Å². The zero-order valence-electron chi connectivity index (χ0n) is 16.5. The standard InChI is InChI=1S/C24H23ClN2O2/c1-17-8-9-20(18(2)12-17)14-24(28)27-26-15-21-13-22(25)10-11-23(21)29-16-19-6-4-3-5-7-19/h3-13,15H,14,16H2,1-2H3,(H,27,28)/b26-15-. The fourth-order valence-electron chi connectivity index (χ4n) is 2.92. The van der Waals surface area contributed by atoms with Gasteiger partial charge in [-0.15, -0.1) is 0 Å². The van der Waals surface area contributed by atoms with Crippen LogP contribution in [0.15, 0.2) is 71.8 Å². The number of ether oxygens (including phenoxy) is 1. The highest BCUT2D eigenvalue weighted by atomic mass is 35.5. The van der Waals surface area contributed by atoms with E-state index >= 15 is 0 Å². The third-order valence-corrected chi connectivity index (χ3v) is 4.69. The lowest BCUT2D eigenvalue weighted by atomic mass is 10.0. The van der Waals surface area contributed by atoms with Crippen molar-refractivity contribution in [3.63, 3.8) is 0 Å². The Hall–Kier alpha value is -3.11. The van der Waals surface area contributed by atoms with Crippen molar-refractivity contribution >= 4 is 23.7 Å². The lowest BCUT2D eigenvalue weighted by Crippen LogP contribution is -2.20. The molecule has 0 saturated carbocycles. The van der Waals surface area contributed by atoms with Gasteiger partial charge in [0, 0.05) is 10.6 Å². The second-order valence-electron chi connectivity index (χ2n) is 6.86. The van der Waals surface area contributed by atoms with Crippen molar-refractivity contribution in [2.24, 2.45) is 5.10 Å². The predicted octanol–water partition coefficient (Wildman–Crippen LogP) is 5.23. The molecule has 0 aliphatic heterocycles. The van der Waals surface area contributed by atoms with Gasteiger partial charge in [0.1, 0.15) is 12.4 Å². The van der Waals surface area contributed by atoms with Gasteiger partial charge in [0.15, 0.2) is 0 Å². The number of halogens is 1. The minimum atomic E-state index is -0.179. The van der Waals surface area contributed by atoms with Crippen LogP contribution in [0.1, 0.15) is 27.8 Å². The molecule has 0 fully saturated rings. The number of rotatable bonds is 7. The minimum Gasteiger partial charge on any atom is -0.488 e. The summed E-state index contributed by atoms with van der Waals surface area (Å²) in [6.07, 6.45) is 1.82. The summed E-state index contributed by atoms with van der Waals surface area (Å²) in [6, 6.07) is 21.2. The molecular formula is C24H23ClN2O2. The van der Waals surface area contributed by atoms with Crippen LogP contribution in [0.2, 0.25) is 5.02 Å². The van der Waals surface area contributed by atoms with E-state index < -0.39 is 0 Å². The zero-order chi connectivity index (χ0) is 20.6. The maximum absolute atomic E-state index is 12.2. The summed E-state index contributed by atoms with van der Waals surface area (Å²) in [4.78, 5) is 12.2. The van der Waals surface area contributed by atoms with E-state index in [1.165, 1.54) is 5.56 Å². The first-order chi connectivity index (χ1) is 14.0. The Bertz CT molecular complexity index is 1020. The first-order valence-electron chi connectivity index (χ1n) is 9.35. The summed E-state index contributed by atoms with van der Waals surface area (Å²) >= 11 is 6.11. The van der Waals surface area contributed by atoms with Gasteiger partial charge in [-0.2, -0.15) is 5.10 Å². The fraction of sp³-hybridized carbons (Fsp3) is 0.167. The number of aryl methyl sites for hydroxylation is 2. The largest absolute Gasteiger partial charge is 0.488 e. The van der Waals surface area contributed by atoms with Crippen molar-refractivity contribution in [3.8, 4) is 5.75 Å². The SMILES string of the molecule is Cc1ccc(CC(=O)N/N=C\c2cc(Cl)ccc2OCc2ccccc2)c(C)c1. The normalized spacial score (nSPS) is 10.9. The molecule has 0 aliphatic rings. The van der Waals surface area contributed by atoms with Crippen LogP contribution in [0.5, 0.6) is 5.75 Å². The molecule has 0 atom stereocenters. The molecule has 0 unspecified atom stereocenters. The number of benzene rings is 3. The van der Waals surface area contributed by atoms with E-state index in [4.69, 9.17) is 16.3 Å². The monoisotopic (exact) mass is 406 g/mol. The Morgan fingerprint density at radius 2 is 1.86 bits per heavy atom. The van der Waals surface area contributed by atoms with E-state index in [1.54, 1.807) is 24.4 Å². The van der Waals surface area contributed by atoms with Gasteiger partial charge in [0.2, 0.25) is 5.91 Å². The van der Waals surface area contributed by atoms with Crippen LogP contribution in [-0.4, -0.2) is 12.1 Å². The van der Waals surface area contributed by atoms with Crippen LogP contribution in [0, 0.1) is 13.8 Å². The van der Waals surface area contributed by atoms with E-state index in [-0.39, 0.29) is 12.3 Å². The molecule has 0 bridgehead atoms. The molecule has 3 aromatic carbocycles. The molecule has 0 saturated heterocycles. The quantitative estimate of drug-likeness (QED) is 0.431. The molecule has 0 spiro atoms. The highest BCUT2D eigenvalue weighted by Gasteiger charge is 2.07. The van der Waals surface area contributed by atoms with Crippen LogP contribution >= 0.6 is 11.6 Å². The average Bonchev–Trinajstić information content (AvgIpc) is 2.70. The summed E-state index contributed by atoms with van der Waals surface area (Å²) < 4.78 is 5.90. The number of amides is 1. The number of hydrogen-bond acceptors (Lipinski definition) is 3. The van der Waals surface area contributed by atoms with Gasteiger partial charge in [-0.05, 0) is 48.7 Å². The molecule has 5 heteroatoms. The number of hydrazone groups is 1. The molecule has 1 amide bonds. The second-order valence-corrected chi connectivity index (χ2v) is 7.29. The third-order valence-electron chi connectivity index (χ3n) is 4.45. The van der Waals surface area contributed by atoms with Crippen molar-refractivity contribution in [3.05, 3.63) is 99.6 Å². The first kappa shape index (κ1) is 20.6. The maximum Gasteiger partial charge on any atom is 0.244 e. The van der Waals surface area contributed by atoms with Gasteiger partial charge in [-0.3, -0.25) is 4.79 Å². The average molecular weight is 407 g/mol. The van der Waals surface area contributed by atoms with Gasteiger partial charge in [0.25, 0.3) is 0 Å². The van der Waals surface area contributed by atoms with Crippen LogP contribution in [0.25, 0.3) is 0 Å². The number of carbonyl (C=O) groups is 1. The summed E-state index contributed by atoms with van der Waals surface area (Å²) in [6.45, 7) is 4.47. The molecule has 4 nitrogen and oxygen atoms in total. The predicted molar refractivity (Wildman–Crippen MR) is 118 cm³/mol. The molecule has 0 radical (unpaired) electrons. The van der Waals surface area contributed by atoms with Crippen molar-refractivity contribution in [1.29, 1.82) is 0 Å². The van der Waals surface area contributed by atoms with Crippen LogP contribution in [0.4, 0.5) is 0 Å². The molecule has 0 aliphatic carbocycles. The van der Waals surface area contributed by atoms with Crippen molar-refractivity contribution < 1.29 is 9.53 Å². The van der Waals surface area contributed by atoms with Crippen molar-refractivity contribution in [2.75, 3.05) is 0 Å². The van der Waals surface area contributed by atoms with E-state index in [2.05, 4.69) is 16.6 Å². The van der Waals surface area contributed by atoms with Crippen molar-refractivity contribution in [1.82, 2.24) is 5.43 Å². The maximum atomic E-state index is 12.2. The molecule has 148 valence electrons. The zero-order valence-corrected chi connectivity index (χ0v) is 17.2. The third kappa shape index (κ3) is 6.19. The Kier molecular flexibility index (Phi) is 7.04. The molecular weight excluding hydrogens is 384 g/mol. The topological polar surface area (TPSA) is 50.7 Å². The summed E-state index contributed by atoms with van der Waals surface area (Å²) in [5.41, 5.74) is 7.58. The van der Waals surface area contributed by atoms with Crippen LogP contribution < -0.4 is 10.2 Å². The highest BCUT2D eigenvalue weighted by Crippen LogP contribution is 2.22. The number of nitrogens with zero attached hydrogens (tertiary/aromatic N) is 1. The fourth-order valence-corrected chi connectivity index (χ4v) is 3.10. The molecule has 1 N–H and O–H groups in total. The number of nitrogens with one attached hydrogen (secondary N) is 1. The van der Waals surface area contributed by atoms with Crippen LogP contribution in [-0.2, 0) is 17.8 Å². The first-order valence-corrected chi connectivity index (χ1v) is 9.73. The molecule has 3 aromatic rings. The lowest BCUT2D eigenvalue weighted by molar-refractivity contribution is -0.120. The van der Waals surface area contributed by atoms with Gasteiger partial charge in [0.05, 0.1) is 12.6 Å². The van der Waals surface area contributed by atoms with Gasteiger partial charge in [-0.25, -0.2) is 5.43 Å². The Balaban J connectivity index is 1.63. The van der Waals surface area contributed by atoms with Gasteiger partial charge >= 0.3 is 0 Å². The Labute approximate surface area is 176 Å². The lowest BCUT2D eigenvalue weighted by Gasteiger charge is -2.10. The summed E-state index contributed by atoms with van der Waals surface area (Å²) in [7, 11) is 0. The second kappa shape index (κ2) is 9.89. The van der Waals surface area contributed by atoms with E-state index in [9.17, 15) is 4.79 Å².